The van der Waals surface area contributed by atoms with E-state index in [-0.39, 0.29) is 12.3 Å². The molecule has 1 N–H and O–H groups in total. The molecule has 2 aromatic heterocycles. The maximum Gasteiger partial charge on any atom is 0.226 e. The van der Waals surface area contributed by atoms with Crippen molar-refractivity contribution >= 4 is 39.0 Å². The molecule has 1 amide bonds. The first kappa shape index (κ1) is 21.6. The van der Waals surface area contributed by atoms with Crippen molar-refractivity contribution < 1.29 is 14.3 Å². The van der Waals surface area contributed by atoms with Gasteiger partial charge in [0.05, 0.1) is 25.3 Å². The molecule has 0 aliphatic carbocycles. The molecule has 0 aliphatic rings. The van der Waals surface area contributed by atoms with Gasteiger partial charge in [0.1, 0.15) is 28.5 Å². The van der Waals surface area contributed by atoms with E-state index in [1.165, 1.54) is 0 Å². The van der Waals surface area contributed by atoms with Gasteiger partial charge in [0.2, 0.25) is 5.91 Å². The molecule has 164 valence electrons. The minimum absolute atomic E-state index is 0.121. The van der Waals surface area contributed by atoms with Crippen LogP contribution >= 0.6 is 11.3 Å². The lowest BCUT2D eigenvalue weighted by Gasteiger charge is -2.18. The highest BCUT2D eigenvalue weighted by Crippen LogP contribution is 2.35. The summed E-state index contributed by atoms with van der Waals surface area (Å²) in [6.45, 7) is 0.501. The number of aromatic nitrogens is 2. The predicted molar refractivity (Wildman–Crippen MR) is 129 cm³/mol. The van der Waals surface area contributed by atoms with Crippen LogP contribution in [0.25, 0.3) is 20.7 Å². The van der Waals surface area contributed by atoms with Crippen LogP contribution in [0, 0.1) is 0 Å². The van der Waals surface area contributed by atoms with Gasteiger partial charge in [-0.15, -0.1) is 11.3 Å². The maximum atomic E-state index is 12.6. The Morgan fingerprint density at radius 1 is 1.06 bits per heavy atom. The largest absolute Gasteiger partial charge is 0.497 e. The zero-order valence-electron chi connectivity index (χ0n) is 18.2. The smallest absolute Gasteiger partial charge is 0.226 e. The third kappa shape index (κ3) is 4.65. The van der Waals surface area contributed by atoms with E-state index >= 15 is 0 Å². The van der Waals surface area contributed by atoms with Crippen LogP contribution in [0.5, 0.6) is 11.5 Å². The fourth-order valence-corrected chi connectivity index (χ4v) is 4.39. The van der Waals surface area contributed by atoms with E-state index in [1.807, 2.05) is 30.1 Å². The van der Waals surface area contributed by atoms with Crippen molar-refractivity contribution in [1.82, 2.24) is 9.97 Å². The number of ether oxygens (including phenoxy) is 2. The second-order valence-corrected chi connectivity index (χ2v) is 8.21. The minimum Gasteiger partial charge on any atom is -0.497 e. The highest BCUT2D eigenvalue weighted by atomic mass is 32.1. The number of rotatable bonds is 8. The molecular formula is C24H24N4O3S. The van der Waals surface area contributed by atoms with Crippen molar-refractivity contribution in [1.29, 1.82) is 0 Å². The molecule has 4 aromatic rings. The third-order valence-corrected chi connectivity index (χ3v) is 6.18. The molecule has 0 radical (unpaired) electrons. The SMILES string of the molecule is COc1ccc(OC)c(NC(=O)CCN(C)c2ncnc3sc(-c4ccccc4)cc23)c1. The molecule has 32 heavy (non-hydrogen) atoms. The summed E-state index contributed by atoms with van der Waals surface area (Å²) in [5.41, 5.74) is 1.73. The van der Waals surface area contributed by atoms with Crippen molar-refractivity contribution in [3.8, 4) is 21.9 Å². The van der Waals surface area contributed by atoms with E-state index in [0.717, 1.165) is 26.5 Å². The summed E-state index contributed by atoms with van der Waals surface area (Å²) in [5.74, 6) is 1.91. The van der Waals surface area contributed by atoms with Gasteiger partial charge in [-0.2, -0.15) is 0 Å². The van der Waals surface area contributed by atoms with Crippen molar-refractivity contribution in [2.24, 2.45) is 0 Å². The fraction of sp³-hybridized carbons (Fsp3) is 0.208. The van der Waals surface area contributed by atoms with E-state index in [4.69, 9.17) is 9.47 Å². The first-order valence-electron chi connectivity index (χ1n) is 10.1. The molecule has 7 nitrogen and oxygen atoms in total. The number of hydrogen-bond donors (Lipinski definition) is 1. The Labute approximate surface area is 190 Å². The van der Waals surface area contributed by atoms with Crippen molar-refractivity contribution in [3.05, 3.63) is 60.9 Å². The van der Waals surface area contributed by atoms with Gasteiger partial charge < -0.3 is 19.7 Å². The topological polar surface area (TPSA) is 76.6 Å². The lowest BCUT2D eigenvalue weighted by atomic mass is 10.2. The number of anilines is 2. The normalized spacial score (nSPS) is 10.7. The zero-order chi connectivity index (χ0) is 22.5. The molecule has 0 fully saturated rings. The first-order valence-corrected chi connectivity index (χ1v) is 10.9. The number of methoxy groups -OCH3 is 2. The van der Waals surface area contributed by atoms with Crippen LogP contribution in [0.1, 0.15) is 6.42 Å². The number of carbonyl (C=O) groups excluding carboxylic acids is 1. The Kier molecular flexibility index (Phi) is 6.51. The van der Waals surface area contributed by atoms with Crippen molar-refractivity contribution in [3.63, 3.8) is 0 Å². The zero-order valence-corrected chi connectivity index (χ0v) is 19.0. The number of hydrogen-bond acceptors (Lipinski definition) is 7. The van der Waals surface area contributed by atoms with Gasteiger partial charge in [-0.25, -0.2) is 9.97 Å². The second kappa shape index (κ2) is 9.65. The lowest BCUT2D eigenvalue weighted by molar-refractivity contribution is -0.116. The molecule has 0 bridgehead atoms. The molecule has 8 heteroatoms. The summed E-state index contributed by atoms with van der Waals surface area (Å²) in [5, 5.41) is 3.88. The molecule has 2 aromatic carbocycles. The summed E-state index contributed by atoms with van der Waals surface area (Å²) in [4.78, 5) is 25.6. The van der Waals surface area contributed by atoms with Crippen LogP contribution in [-0.2, 0) is 4.79 Å². The fourth-order valence-electron chi connectivity index (χ4n) is 3.39. The number of carbonyl (C=O) groups is 1. The van der Waals surface area contributed by atoms with E-state index < -0.39 is 0 Å². The highest BCUT2D eigenvalue weighted by Gasteiger charge is 2.15. The van der Waals surface area contributed by atoms with Crippen LogP contribution < -0.4 is 19.7 Å². The monoisotopic (exact) mass is 448 g/mol. The Hall–Kier alpha value is -3.65. The van der Waals surface area contributed by atoms with Gasteiger partial charge in [-0.3, -0.25) is 4.79 Å². The Morgan fingerprint density at radius 2 is 1.88 bits per heavy atom. The van der Waals surface area contributed by atoms with Crippen LogP contribution in [0.3, 0.4) is 0 Å². The Bertz CT molecular complexity index is 1230. The number of fused-ring (bicyclic) bond motifs is 1. The van der Waals surface area contributed by atoms with Gasteiger partial charge in [-0.1, -0.05) is 30.3 Å². The van der Waals surface area contributed by atoms with Crippen LogP contribution in [0.2, 0.25) is 0 Å². The summed E-state index contributed by atoms with van der Waals surface area (Å²) < 4.78 is 10.6. The third-order valence-electron chi connectivity index (χ3n) is 5.08. The van der Waals surface area contributed by atoms with Crippen molar-refractivity contribution in [2.45, 2.75) is 6.42 Å². The van der Waals surface area contributed by atoms with E-state index in [0.29, 0.717) is 23.7 Å². The number of amides is 1. The molecule has 0 unspecified atom stereocenters. The molecule has 0 saturated carbocycles. The van der Waals surface area contributed by atoms with Crippen molar-refractivity contribution in [2.75, 3.05) is 38.0 Å². The van der Waals surface area contributed by atoms with E-state index in [2.05, 4.69) is 33.5 Å². The van der Waals surface area contributed by atoms with Crippen LogP contribution in [0.4, 0.5) is 11.5 Å². The van der Waals surface area contributed by atoms with Gasteiger partial charge in [-0.05, 0) is 23.8 Å². The van der Waals surface area contributed by atoms with Crippen LogP contribution in [-0.4, -0.2) is 43.7 Å². The number of nitrogens with one attached hydrogen (secondary N) is 1. The first-order chi connectivity index (χ1) is 15.6. The average molecular weight is 449 g/mol. The average Bonchev–Trinajstić information content (AvgIpc) is 3.27. The summed E-state index contributed by atoms with van der Waals surface area (Å²) in [6.07, 6.45) is 1.86. The van der Waals surface area contributed by atoms with Crippen LogP contribution in [0.15, 0.2) is 60.9 Å². The summed E-state index contributed by atoms with van der Waals surface area (Å²) in [6, 6.07) is 17.6. The molecule has 0 saturated heterocycles. The number of benzene rings is 2. The van der Waals surface area contributed by atoms with Gasteiger partial charge >= 0.3 is 0 Å². The predicted octanol–water partition coefficient (Wildman–Crippen LogP) is 4.84. The standard InChI is InChI=1S/C24H24N4O3S/c1-28(12-11-22(29)27-19-13-17(30-2)9-10-20(19)31-3)23-18-14-21(16-7-5-4-6-8-16)32-24(18)26-15-25-23/h4-10,13-15H,11-12H2,1-3H3,(H,27,29). The highest BCUT2D eigenvalue weighted by molar-refractivity contribution is 7.21. The minimum atomic E-state index is -0.121. The van der Waals surface area contributed by atoms with E-state index in [1.54, 1.807) is 50.1 Å². The Morgan fingerprint density at radius 3 is 2.62 bits per heavy atom. The Balaban J connectivity index is 1.47. The molecule has 0 spiro atoms. The second-order valence-electron chi connectivity index (χ2n) is 7.18. The number of thiophene rings is 1. The maximum absolute atomic E-state index is 12.6. The number of nitrogens with zero attached hydrogens (tertiary/aromatic N) is 3. The quantitative estimate of drug-likeness (QED) is 0.416. The summed E-state index contributed by atoms with van der Waals surface area (Å²) in [7, 11) is 5.08. The van der Waals surface area contributed by atoms with E-state index in [9.17, 15) is 4.79 Å². The van der Waals surface area contributed by atoms with Gasteiger partial charge in [0, 0.05) is 31.0 Å². The molecule has 0 aliphatic heterocycles. The molecule has 2 heterocycles. The molecule has 0 atom stereocenters. The van der Waals surface area contributed by atoms with Gasteiger partial charge in [0.15, 0.2) is 0 Å². The molecule has 4 rings (SSSR count). The molecular weight excluding hydrogens is 424 g/mol. The lowest BCUT2D eigenvalue weighted by Crippen LogP contribution is -2.25. The van der Waals surface area contributed by atoms with Gasteiger partial charge in [0.25, 0.3) is 0 Å². The summed E-state index contributed by atoms with van der Waals surface area (Å²) >= 11 is 1.63.